The zero-order valence-corrected chi connectivity index (χ0v) is 21.9. The Morgan fingerprint density at radius 1 is 0.967 bits per heavy atom. The second kappa shape index (κ2) is 21.7. The zero-order chi connectivity index (χ0) is 24.2. The van der Waals surface area contributed by atoms with Gasteiger partial charge in [-0.15, -0.1) is 23.2 Å². The standard InChI is InChI=1S/C11H21NO4S.C6H13NO2S.CH2Cl2/c1-11(2,3)16-10(14)12-8(6-7-17-5)9(13)15-4;1-9-6(8)5(7)3-4-10-2;2-1-3/h8H,6-7H2,1-5H3,(H,12,14);5H,3-4,7H2,1-2H3;1H2/t8-;5-;/m00./s1. The predicted molar refractivity (Wildman–Crippen MR) is 128 cm³/mol. The molecule has 0 radical (unpaired) electrons. The lowest BCUT2D eigenvalue weighted by Gasteiger charge is -2.22. The monoisotopic (exact) mass is 510 g/mol. The molecule has 12 heteroatoms. The highest BCUT2D eigenvalue weighted by Crippen LogP contribution is 2.08. The van der Waals surface area contributed by atoms with Crippen molar-refractivity contribution in [2.45, 2.75) is 51.3 Å². The molecule has 0 saturated heterocycles. The maximum Gasteiger partial charge on any atom is 0.408 e. The molecule has 3 N–H and O–H groups in total. The number of ether oxygens (including phenoxy) is 3. The Labute approximate surface area is 199 Å². The van der Waals surface area contributed by atoms with Gasteiger partial charge in [0.05, 0.1) is 19.6 Å². The van der Waals surface area contributed by atoms with Crippen LogP contribution in [0.25, 0.3) is 0 Å². The van der Waals surface area contributed by atoms with Gasteiger partial charge in [-0.1, -0.05) is 0 Å². The van der Waals surface area contributed by atoms with Gasteiger partial charge >= 0.3 is 18.0 Å². The zero-order valence-electron chi connectivity index (χ0n) is 18.8. The van der Waals surface area contributed by atoms with E-state index < -0.39 is 29.7 Å². The third-order valence-corrected chi connectivity index (χ3v) is 4.21. The lowest BCUT2D eigenvalue weighted by Crippen LogP contribution is -2.44. The molecule has 0 rings (SSSR count). The number of esters is 2. The van der Waals surface area contributed by atoms with E-state index in [4.69, 9.17) is 33.7 Å². The van der Waals surface area contributed by atoms with E-state index in [2.05, 4.69) is 14.8 Å². The molecule has 0 fully saturated rings. The molecule has 0 aromatic heterocycles. The van der Waals surface area contributed by atoms with Crippen molar-refractivity contribution >= 4 is 64.8 Å². The van der Waals surface area contributed by atoms with Crippen LogP contribution < -0.4 is 11.1 Å². The molecular weight excluding hydrogens is 475 g/mol. The number of rotatable bonds is 9. The van der Waals surface area contributed by atoms with Crippen molar-refractivity contribution in [2.24, 2.45) is 5.73 Å². The molecule has 0 heterocycles. The maximum absolute atomic E-state index is 11.5. The van der Waals surface area contributed by atoms with E-state index in [1.54, 1.807) is 44.3 Å². The molecule has 0 saturated carbocycles. The van der Waals surface area contributed by atoms with Crippen molar-refractivity contribution in [3.05, 3.63) is 0 Å². The first-order valence-corrected chi connectivity index (χ1v) is 12.8. The minimum atomic E-state index is -0.651. The number of thioether (sulfide) groups is 2. The number of hydrogen-bond acceptors (Lipinski definition) is 9. The molecule has 30 heavy (non-hydrogen) atoms. The lowest BCUT2D eigenvalue weighted by molar-refractivity contribution is -0.143. The van der Waals surface area contributed by atoms with Gasteiger partial charge in [0, 0.05) is 0 Å². The number of carbonyl (C=O) groups excluding carboxylic acids is 3. The molecule has 2 atom stereocenters. The predicted octanol–water partition coefficient (Wildman–Crippen LogP) is 3.47. The van der Waals surface area contributed by atoms with Gasteiger partial charge in [0.15, 0.2) is 0 Å². The van der Waals surface area contributed by atoms with Crippen LogP contribution >= 0.6 is 46.7 Å². The topological polar surface area (TPSA) is 117 Å². The molecule has 0 aromatic carbocycles. The summed E-state index contributed by atoms with van der Waals surface area (Å²) in [7, 11) is 2.65. The van der Waals surface area contributed by atoms with Gasteiger partial charge in [-0.25, -0.2) is 9.59 Å². The normalized spacial score (nSPS) is 12.1. The van der Waals surface area contributed by atoms with E-state index in [-0.39, 0.29) is 11.3 Å². The smallest absolute Gasteiger partial charge is 0.408 e. The second-order valence-corrected chi connectivity index (χ2v) is 9.29. The van der Waals surface area contributed by atoms with E-state index in [1.165, 1.54) is 14.2 Å². The SMILES string of the molecule is COC(=O)[C@@H](N)CCSC.COC(=O)[C@H](CCSC)NC(=O)OC(C)(C)C.ClCCl. The third-order valence-electron chi connectivity index (χ3n) is 2.92. The van der Waals surface area contributed by atoms with Gasteiger partial charge in [-0.3, -0.25) is 4.79 Å². The fourth-order valence-corrected chi connectivity index (χ4v) is 2.55. The molecular formula is C18H36Cl2N2O6S2. The average molecular weight is 512 g/mol. The molecule has 8 nitrogen and oxygen atoms in total. The number of halogens is 2. The van der Waals surface area contributed by atoms with Crippen LogP contribution in [0.4, 0.5) is 4.79 Å². The van der Waals surface area contributed by atoms with Crippen molar-refractivity contribution < 1.29 is 28.6 Å². The second-order valence-electron chi connectivity index (χ2n) is 6.52. The highest BCUT2D eigenvalue weighted by Gasteiger charge is 2.24. The van der Waals surface area contributed by atoms with Crippen LogP contribution in [-0.4, -0.2) is 79.3 Å². The Morgan fingerprint density at radius 2 is 1.40 bits per heavy atom. The molecule has 1 amide bonds. The van der Waals surface area contributed by atoms with E-state index >= 15 is 0 Å². The first kappa shape index (κ1) is 34.1. The molecule has 0 spiro atoms. The first-order valence-electron chi connectivity index (χ1n) is 8.94. The van der Waals surface area contributed by atoms with Crippen molar-refractivity contribution in [3.63, 3.8) is 0 Å². The summed E-state index contributed by atoms with van der Waals surface area (Å²) in [6.45, 7) is 5.30. The lowest BCUT2D eigenvalue weighted by atomic mass is 10.2. The molecule has 180 valence electrons. The number of hydrogen-bond donors (Lipinski definition) is 2. The fraction of sp³-hybridized carbons (Fsp3) is 0.833. The molecule has 0 aliphatic carbocycles. The number of carbonyl (C=O) groups is 3. The van der Waals surface area contributed by atoms with Crippen LogP contribution in [0.15, 0.2) is 0 Å². The van der Waals surface area contributed by atoms with Gasteiger partial charge in [-0.05, 0) is 57.6 Å². The summed E-state index contributed by atoms with van der Waals surface area (Å²) in [6.07, 6.45) is 4.52. The number of alkyl carbamates (subject to hydrolysis) is 1. The van der Waals surface area contributed by atoms with E-state index in [0.717, 1.165) is 11.5 Å². The number of nitrogens with two attached hydrogens (primary N) is 1. The first-order chi connectivity index (χ1) is 13.9. The minimum Gasteiger partial charge on any atom is -0.468 e. The maximum atomic E-state index is 11.5. The van der Waals surface area contributed by atoms with Gasteiger partial charge < -0.3 is 25.3 Å². The summed E-state index contributed by atoms with van der Waals surface area (Å²) in [5, 5.41) is 2.70. The summed E-state index contributed by atoms with van der Waals surface area (Å²) in [5.41, 5.74) is 4.85. The molecule has 0 aromatic rings. The highest BCUT2D eigenvalue weighted by atomic mass is 35.5. The Kier molecular flexibility index (Phi) is 24.6. The molecule has 0 bridgehead atoms. The van der Waals surface area contributed by atoms with E-state index in [9.17, 15) is 14.4 Å². The third kappa shape index (κ3) is 23.7. The fourth-order valence-electron chi connectivity index (χ4n) is 1.59. The van der Waals surface area contributed by atoms with Gasteiger partial charge in [0.25, 0.3) is 0 Å². The Bertz CT molecular complexity index is 468. The minimum absolute atomic E-state index is 0.194. The van der Waals surface area contributed by atoms with Crippen LogP contribution in [0, 0.1) is 0 Å². The van der Waals surface area contributed by atoms with Crippen molar-refractivity contribution in [1.29, 1.82) is 0 Å². The summed E-state index contributed by atoms with van der Waals surface area (Å²) in [5.74, 6) is 0.880. The summed E-state index contributed by atoms with van der Waals surface area (Å²) in [4.78, 5) is 33.6. The largest absolute Gasteiger partial charge is 0.468 e. The summed E-state index contributed by atoms with van der Waals surface area (Å²) < 4.78 is 14.1. The Hall–Kier alpha value is -0.550. The van der Waals surface area contributed by atoms with Crippen molar-refractivity contribution in [1.82, 2.24) is 5.32 Å². The summed E-state index contributed by atoms with van der Waals surface area (Å²) in [6, 6.07) is -1.10. The average Bonchev–Trinajstić information content (AvgIpc) is 2.67. The summed E-state index contributed by atoms with van der Waals surface area (Å²) >= 11 is 12.8. The van der Waals surface area contributed by atoms with Crippen molar-refractivity contribution in [2.75, 3.05) is 43.6 Å². The Balaban J connectivity index is -0.000000474. The number of alkyl halides is 2. The van der Waals surface area contributed by atoms with Crippen LogP contribution in [0.3, 0.4) is 0 Å². The van der Waals surface area contributed by atoms with Crippen LogP contribution in [0.5, 0.6) is 0 Å². The highest BCUT2D eigenvalue weighted by molar-refractivity contribution is 7.98. The quantitative estimate of drug-likeness (QED) is 0.273. The number of methoxy groups -OCH3 is 2. The molecule has 0 aliphatic rings. The van der Waals surface area contributed by atoms with Gasteiger partial charge in [0.2, 0.25) is 0 Å². The van der Waals surface area contributed by atoms with Crippen LogP contribution in [0.2, 0.25) is 0 Å². The Morgan fingerprint density at radius 3 is 1.77 bits per heavy atom. The molecule has 0 unspecified atom stereocenters. The molecule has 0 aliphatic heterocycles. The van der Waals surface area contributed by atoms with Gasteiger partial charge in [-0.2, -0.15) is 23.5 Å². The number of nitrogens with one attached hydrogen (secondary N) is 1. The van der Waals surface area contributed by atoms with Crippen LogP contribution in [-0.2, 0) is 23.8 Å². The van der Waals surface area contributed by atoms with Crippen molar-refractivity contribution in [3.8, 4) is 0 Å². The van der Waals surface area contributed by atoms with E-state index in [1.807, 2.05) is 12.5 Å². The number of amides is 1. The van der Waals surface area contributed by atoms with Crippen LogP contribution in [0.1, 0.15) is 33.6 Å². The van der Waals surface area contributed by atoms with Gasteiger partial charge in [0.1, 0.15) is 17.7 Å². The van der Waals surface area contributed by atoms with E-state index in [0.29, 0.717) is 12.8 Å².